The van der Waals surface area contributed by atoms with Crippen LogP contribution < -0.4 is 0 Å². The Hall–Kier alpha value is 1.29. The van der Waals surface area contributed by atoms with E-state index in [9.17, 15) is 0 Å². The average Bonchev–Trinajstić information content (AvgIpc) is 1.76. The summed E-state index contributed by atoms with van der Waals surface area (Å²) in [4.78, 5) is 0. The van der Waals surface area contributed by atoms with Gasteiger partial charge in [-0.25, -0.2) is 0 Å². The summed E-state index contributed by atoms with van der Waals surface area (Å²) in [6.45, 7) is 22.5. The van der Waals surface area contributed by atoms with E-state index in [4.69, 9.17) is 10.7 Å². The van der Waals surface area contributed by atoms with Crippen LogP contribution in [0.1, 0.15) is 0 Å². The van der Waals surface area contributed by atoms with Gasteiger partial charge in [0.05, 0.1) is 24.2 Å². The Balaban J connectivity index is 5.78. The van der Waals surface area contributed by atoms with Gasteiger partial charge >= 0.3 is 0 Å². The maximum absolute atomic E-state index is 6.40. The largest absolute Gasteiger partial charge is 0.0689 e. The van der Waals surface area contributed by atoms with Gasteiger partial charge in [0.2, 0.25) is 0 Å². The molecule has 0 aliphatic heterocycles. The lowest BCUT2D eigenvalue weighted by atomic mass is 11.6. The van der Waals surface area contributed by atoms with Crippen LogP contribution in [0.5, 0.6) is 0 Å². The van der Waals surface area contributed by atoms with Gasteiger partial charge in [0, 0.05) is 3.62 Å². The maximum Gasteiger partial charge on any atom is 0.0575 e. The van der Waals surface area contributed by atoms with Gasteiger partial charge in [-0.2, -0.15) is 0 Å². The first-order chi connectivity index (χ1) is 6.31. The van der Waals surface area contributed by atoms with E-state index in [1.807, 2.05) is 0 Å². The molecule has 5 heteroatoms. The molecule has 92 valence electrons. The van der Waals surface area contributed by atoms with Crippen LogP contribution in [0.3, 0.4) is 0 Å². The first-order valence-corrected chi connectivity index (χ1v) is 17.8. The second-order valence-electron chi connectivity index (χ2n) is 7.51. The summed E-state index contributed by atoms with van der Waals surface area (Å²) in [5.41, 5.74) is 0. The molecule has 0 nitrogen and oxygen atoms in total. The summed E-state index contributed by atoms with van der Waals surface area (Å²) in [6.07, 6.45) is 0. The second kappa shape index (κ2) is 4.52. The molecule has 0 amide bonds. The molecule has 0 aromatic rings. The molecule has 0 N–H and O–H groups in total. The monoisotopic (exact) mass is 298 g/mol. The van der Waals surface area contributed by atoms with Crippen LogP contribution in [0.4, 0.5) is 0 Å². The third-order valence-corrected chi connectivity index (χ3v) is 31.6. The molecule has 15 heavy (non-hydrogen) atoms. The molecule has 0 aromatic carbocycles. The first kappa shape index (κ1) is 16.3. The highest BCUT2D eigenvalue weighted by Crippen LogP contribution is 2.50. The molecule has 0 unspecified atom stereocenters. The Bertz CT molecular complexity index is 186. The normalized spacial score (nSPS) is 15.6. The lowest BCUT2D eigenvalue weighted by Crippen LogP contribution is -2.74. The molecular weight excluding hydrogens is 272 g/mol. The van der Waals surface area contributed by atoms with Crippen LogP contribution in [0.2, 0.25) is 58.9 Å². The molecule has 0 aliphatic rings. The van der Waals surface area contributed by atoms with E-state index in [2.05, 4.69) is 58.9 Å². The molecule has 0 saturated heterocycles. The van der Waals surface area contributed by atoms with Crippen LogP contribution >= 0.6 is 21.7 Å². The Morgan fingerprint density at radius 2 is 0.867 bits per heavy atom. The van der Waals surface area contributed by atoms with Crippen LogP contribution in [0.25, 0.3) is 0 Å². The minimum atomic E-state index is -1.25. The number of halogens is 1. The Labute approximate surface area is 108 Å². The number of hydrogen-bond acceptors (Lipinski definition) is 1. The van der Waals surface area contributed by atoms with Crippen LogP contribution in [0.15, 0.2) is 0 Å². The van der Waals surface area contributed by atoms with E-state index >= 15 is 0 Å². The van der Waals surface area contributed by atoms with E-state index in [0.717, 1.165) is 0 Å². The standard InChI is InChI=1S/C10H27ClSSi3/c1-13(2,3)10(12-11,14(4,5)6)15(7,8)9/h1-9H3. The summed E-state index contributed by atoms with van der Waals surface area (Å²) in [5.74, 6) is 0. The zero-order chi connectivity index (χ0) is 12.7. The van der Waals surface area contributed by atoms with Crippen molar-refractivity contribution in [2.24, 2.45) is 0 Å². The number of hydrogen-bond donors (Lipinski definition) is 0. The summed E-state index contributed by atoms with van der Waals surface area (Å²) < 4.78 is 0.453. The zero-order valence-corrected chi connectivity index (χ0v) is 16.4. The average molecular weight is 299 g/mol. The van der Waals surface area contributed by atoms with Crippen molar-refractivity contribution in [1.82, 2.24) is 0 Å². The summed E-state index contributed by atoms with van der Waals surface area (Å²) in [7, 11) is 4.33. The van der Waals surface area contributed by atoms with E-state index < -0.39 is 24.2 Å². The third-order valence-electron chi connectivity index (χ3n) is 3.28. The van der Waals surface area contributed by atoms with Crippen molar-refractivity contribution in [3.63, 3.8) is 0 Å². The predicted octanol–water partition coefficient (Wildman–Crippen LogP) is 5.24. The molecule has 0 aromatic heterocycles. The van der Waals surface area contributed by atoms with Gasteiger partial charge in [0.1, 0.15) is 0 Å². The summed E-state index contributed by atoms with van der Waals surface area (Å²) in [6, 6.07) is 0. The Morgan fingerprint density at radius 1 is 0.667 bits per heavy atom. The lowest BCUT2D eigenvalue weighted by Gasteiger charge is -2.56. The van der Waals surface area contributed by atoms with Crippen LogP contribution in [-0.4, -0.2) is 27.8 Å². The Morgan fingerprint density at radius 3 is 0.867 bits per heavy atom. The molecule has 0 atom stereocenters. The fraction of sp³-hybridized carbons (Fsp3) is 1.00. The second-order valence-corrected chi connectivity index (χ2v) is 27.1. The minimum Gasteiger partial charge on any atom is -0.0689 e. The van der Waals surface area contributed by atoms with Crippen molar-refractivity contribution in [2.45, 2.75) is 62.5 Å². The van der Waals surface area contributed by atoms with Crippen molar-refractivity contribution < 1.29 is 0 Å². The molecule has 0 radical (unpaired) electrons. The molecule has 0 saturated carbocycles. The molecular formula is C10H27ClSSi3. The zero-order valence-electron chi connectivity index (χ0n) is 11.8. The van der Waals surface area contributed by atoms with Gasteiger partial charge < -0.3 is 0 Å². The fourth-order valence-electron chi connectivity index (χ4n) is 3.72. The fourth-order valence-corrected chi connectivity index (χ4v) is 39.7. The molecule has 0 rings (SSSR count). The van der Waals surface area contributed by atoms with Gasteiger partial charge in [-0.1, -0.05) is 69.9 Å². The predicted molar refractivity (Wildman–Crippen MR) is 86.2 cm³/mol. The van der Waals surface area contributed by atoms with Gasteiger partial charge in [-0.05, 0) is 10.7 Å². The Kier molecular flexibility index (Phi) is 4.91. The third kappa shape index (κ3) is 2.76. The van der Waals surface area contributed by atoms with Gasteiger partial charge in [-0.15, -0.1) is 0 Å². The minimum absolute atomic E-state index is 0.453. The summed E-state index contributed by atoms with van der Waals surface area (Å²) >= 11 is 0. The topological polar surface area (TPSA) is 0 Å². The van der Waals surface area contributed by atoms with Crippen LogP contribution in [0, 0.1) is 0 Å². The highest BCUT2D eigenvalue weighted by atomic mass is 35.7. The molecule has 0 aliphatic carbocycles. The van der Waals surface area contributed by atoms with Crippen molar-refractivity contribution in [2.75, 3.05) is 0 Å². The quantitative estimate of drug-likeness (QED) is 0.639. The SMILES string of the molecule is C[Si](C)(C)C(SCl)([Si](C)(C)C)[Si](C)(C)C. The van der Waals surface area contributed by atoms with Crippen molar-refractivity contribution in [1.29, 1.82) is 0 Å². The van der Waals surface area contributed by atoms with E-state index in [1.54, 1.807) is 11.0 Å². The van der Waals surface area contributed by atoms with E-state index in [0.29, 0.717) is 3.62 Å². The number of rotatable bonds is 4. The lowest BCUT2D eigenvalue weighted by molar-refractivity contribution is 1.29. The van der Waals surface area contributed by atoms with Crippen molar-refractivity contribution >= 4 is 45.9 Å². The van der Waals surface area contributed by atoms with E-state index in [1.165, 1.54) is 0 Å². The van der Waals surface area contributed by atoms with Gasteiger partial charge in [-0.3, -0.25) is 0 Å². The van der Waals surface area contributed by atoms with Crippen molar-refractivity contribution in [3.05, 3.63) is 0 Å². The summed E-state index contributed by atoms with van der Waals surface area (Å²) in [5, 5.41) is 0. The van der Waals surface area contributed by atoms with Crippen molar-refractivity contribution in [3.8, 4) is 0 Å². The van der Waals surface area contributed by atoms with E-state index in [-0.39, 0.29) is 0 Å². The highest BCUT2D eigenvalue weighted by molar-refractivity contribution is 8.26. The van der Waals surface area contributed by atoms with Gasteiger partial charge in [0.15, 0.2) is 0 Å². The molecule has 0 heterocycles. The van der Waals surface area contributed by atoms with Crippen LogP contribution in [-0.2, 0) is 0 Å². The highest BCUT2D eigenvalue weighted by Gasteiger charge is 2.60. The first-order valence-electron chi connectivity index (χ1n) is 5.61. The molecule has 0 spiro atoms. The van der Waals surface area contributed by atoms with Gasteiger partial charge in [0.25, 0.3) is 0 Å². The molecule has 0 bridgehead atoms. The maximum atomic E-state index is 6.40. The molecule has 0 fully saturated rings. The smallest absolute Gasteiger partial charge is 0.0575 e.